The fraction of sp³-hybridized carbons (Fsp3) is 0.375. The van der Waals surface area contributed by atoms with Gasteiger partial charge in [-0.2, -0.15) is 8.42 Å². The maximum Gasteiger partial charge on any atom is 0.343 e. The number of pyridine rings is 2. The number of esters is 1. The molecule has 1 aromatic carbocycles. The fourth-order valence-electron chi connectivity index (χ4n) is 4.58. The maximum atomic E-state index is 13.2. The average molecular weight is 554 g/mol. The first-order valence-corrected chi connectivity index (χ1v) is 13.0. The third kappa shape index (κ3) is 5.20. The van der Waals surface area contributed by atoms with Gasteiger partial charge in [-0.3, -0.25) is 9.35 Å². The number of ether oxygens (including phenoxy) is 1. The van der Waals surface area contributed by atoms with Crippen LogP contribution in [0.4, 0.5) is 0 Å². The van der Waals surface area contributed by atoms with Crippen molar-refractivity contribution < 1.29 is 32.7 Å². The first-order valence-electron chi connectivity index (χ1n) is 11.1. The van der Waals surface area contributed by atoms with Crippen molar-refractivity contribution in [2.75, 3.05) is 20.4 Å². The van der Waals surface area contributed by atoms with E-state index in [0.29, 0.717) is 47.4 Å². The monoisotopic (exact) mass is 553 g/mol. The molecule has 5 rings (SSSR count). The van der Waals surface area contributed by atoms with Gasteiger partial charge in [0.1, 0.15) is 12.4 Å². The highest BCUT2D eigenvalue weighted by atomic mass is 35.5. The first kappa shape index (κ1) is 28.5. The van der Waals surface area contributed by atoms with Gasteiger partial charge in [-0.15, -0.1) is 12.4 Å². The third-order valence-corrected chi connectivity index (χ3v) is 6.25. The van der Waals surface area contributed by atoms with Crippen LogP contribution in [0, 0.1) is 0 Å². The Morgan fingerprint density at radius 1 is 1.22 bits per heavy atom. The van der Waals surface area contributed by atoms with Gasteiger partial charge in [0.05, 0.1) is 35.3 Å². The van der Waals surface area contributed by atoms with Crippen molar-refractivity contribution in [3.63, 3.8) is 0 Å². The summed E-state index contributed by atoms with van der Waals surface area (Å²) in [6, 6.07) is 7.05. The number of benzene rings is 1. The van der Waals surface area contributed by atoms with Crippen LogP contribution in [0.25, 0.3) is 22.3 Å². The number of fused-ring (bicyclic) bond motifs is 5. The normalized spacial score (nSPS) is 17.8. The lowest BCUT2D eigenvalue weighted by Gasteiger charge is -2.31. The fourth-order valence-corrected chi connectivity index (χ4v) is 4.58. The number of rotatable bonds is 3. The number of phenols is 1. The van der Waals surface area contributed by atoms with Crippen molar-refractivity contribution in [2.45, 2.75) is 38.6 Å². The zero-order chi connectivity index (χ0) is 26.6. The van der Waals surface area contributed by atoms with Gasteiger partial charge >= 0.3 is 5.97 Å². The highest BCUT2D eigenvalue weighted by Gasteiger charge is 2.45. The molecule has 200 valence electrons. The number of halogens is 1. The first-order chi connectivity index (χ1) is 16.7. The minimum Gasteiger partial charge on any atom is -0.508 e. The van der Waals surface area contributed by atoms with Crippen LogP contribution in [0.1, 0.15) is 35.6 Å². The Morgan fingerprint density at radius 3 is 2.46 bits per heavy atom. The molecule has 3 aromatic rings. The molecule has 4 heterocycles. The molecular weight excluding hydrogens is 526 g/mol. The van der Waals surface area contributed by atoms with Crippen LogP contribution in [-0.2, 0) is 44.9 Å². The number of aromatic hydroxyl groups is 1. The van der Waals surface area contributed by atoms with Gasteiger partial charge in [0.15, 0.2) is 5.60 Å². The second-order valence-corrected chi connectivity index (χ2v) is 10.7. The van der Waals surface area contributed by atoms with Crippen molar-refractivity contribution in [2.24, 2.45) is 0 Å². The van der Waals surface area contributed by atoms with Gasteiger partial charge in [-0.1, -0.05) is 6.92 Å². The van der Waals surface area contributed by atoms with Crippen LogP contribution < -0.4 is 5.56 Å². The summed E-state index contributed by atoms with van der Waals surface area (Å²) in [5, 5.41) is 22.2. The number of cyclic esters (lactones) is 1. The number of phenolic OH excluding ortho intramolecular Hbond substituents is 1. The number of aliphatic hydroxyl groups is 1. The lowest BCUT2D eigenvalue weighted by Crippen LogP contribution is -2.44. The van der Waals surface area contributed by atoms with E-state index in [1.807, 2.05) is 25.1 Å². The minimum atomic E-state index is -3.67. The molecule has 37 heavy (non-hydrogen) atoms. The molecule has 1 atom stereocenters. The van der Waals surface area contributed by atoms with Gasteiger partial charge in [0, 0.05) is 28.6 Å². The summed E-state index contributed by atoms with van der Waals surface area (Å²) in [6.45, 7) is 2.41. The summed E-state index contributed by atoms with van der Waals surface area (Å²) < 4.78 is 32.6. The van der Waals surface area contributed by atoms with Gasteiger partial charge in [-0.05, 0) is 44.8 Å². The molecule has 13 heteroatoms. The molecule has 0 unspecified atom stereocenters. The second-order valence-electron chi connectivity index (χ2n) is 9.20. The predicted molar refractivity (Wildman–Crippen MR) is 138 cm³/mol. The van der Waals surface area contributed by atoms with Crippen LogP contribution >= 0.6 is 12.4 Å². The molecule has 11 nitrogen and oxygen atoms in total. The zero-order valence-corrected chi connectivity index (χ0v) is 22.3. The summed E-state index contributed by atoms with van der Waals surface area (Å²) in [5.41, 5.74) is 2.03. The number of aromatic nitrogens is 2. The topological polar surface area (TPSA) is 159 Å². The number of nitrogens with zero attached hydrogens (tertiary/aromatic N) is 3. The highest BCUT2D eigenvalue weighted by molar-refractivity contribution is 7.85. The van der Waals surface area contributed by atoms with E-state index in [9.17, 15) is 28.2 Å². The molecule has 0 fully saturated rings. The van der Waals surface area contributed by atoms with E-state index < -0.39 is 21.7 Å². The molecule has 2 aromatic heterocycles. The standard InChI is InChI=1S/C23H23N3O5.CH4O3S.ClH/c1-4-23(30)16-8-18-20-12(9-26(18)21(28)15(16)11-31-22(23)29)7-13-14(10-25(2)3)19(27)6-5-17(13)24-20;1-5(2,3)4;/h5-8,27,30H,4,9-11H2,1-3H3;1H3,(H,2,3,4);1H/t23-;;/m0../s1. The lowest BCUT2D eigenvalue weighted by atomic mass is 9.86. The van der Waals surface area contributed by atoms with Gasteiger partial charge in [-0.25, -0.2) is 9.78 Å². The van der Waals surface area contributed by atoms with Crippen molar-refractivity contribution in [3.8, 4) is 17.1 Å². The molecule has 0 saturated carbocycles. The molecule has 0 aliphatic carbocycles. The van der Waals surface area contributed by atoms with E-state index >= 15 is 0 Å². The van der Waals surface area contributed by atoms with Crippen molar-refractivity contribution in [1.82, 2.24) is 14.5 Å². The van der Waals surface area contributed by atoms with Crippen molar-refractivity contribution in [3.05, 3.63) is 56.9 Å². The smallest absolute Gasteiger partial charge is 0.343 e. The minimum absolute atomic E-state index is 0. The Morgan fingerprint density at radius 2 is 1.86 bits per heavy atom. The van der Waals surface area contributed by atoms with Crippen LogP contribution in [0.3, 0.4) is 0 Å². The van der Waals surface area contributed by atoms with Crippen LogP contribution in [-0.4, -0.2) is 64.0 Å². The van der Waals surface area contributed by atoms with Gasteiger partial charge in [0.25, 0.3) is 15.7 Å². The van der Waals surface area contributed by atoms with E-state index in [1.165, 1.54) is 0 Å². The van der Waals surface area contributed by atoms with Crippen LogP contribution in [0.5, 0.6) is 5.75 Å². The van der Waals surface area contributed by atoms with Crippen LogP contribution in [0.2, 0.25) is 0 Å². The Balaban J connectivity index is 0.000000581. The molecule has 3 N–H and O–H groups in total. The quantitative estimate of drug-likeness (QED) is 0.252. The maximum absolute atomic E-state index is 13.2. The largest absolute Gasteiger partial charge is 0.508 e. The Labute approximate surface area is 219 Å². The summed E-state index contributed by atoms with van der Waals surface area (Å²) in [7, 11) is 0.189. The van der Waals surface area contributed by atoms with Crippen molar-refractivity contribution >= 4 is 39.4 Å². The highest BCUT2D eigenvalue weighted by Crippen LogP contribution is 2.39. The summed E-state index contributed by atoms with van der Waals surface area (Å²) in [6.07, 6.45) is 0.819. The van der Waals surface area contributed by atoms with E-state index in [1.54, 1.807) is 29.7 Å². The molecule has 0 radical (unpaired) electrons. The molecule has 2 aliphatic rings. The van der Waals surface area contributed by atoms with E-state index in [-0.39, 0.29) is 36.7 Å². The van der Waals surface area contributed by atoms with Gasteiger partial charge in [0.2, 0.25) is 0 Å². The van der Waals surface area contributed by atoms with Gasteiger partial charge < -0.3 is 24.4 Å². The second kappa shape index (κ2) is 10.0. The SMILES string of the molecule is CC[C@@]1(O)C(=O)OCc2c1cc1n(c2=O)Cc2cc3c(CN(C)C)c(O)ccc3nc2-1.CS(=O)(=O)O.Cl. The van der Waals surface area contributed by atoms with Crippen molar-refractivity contribution in [1.29, 1.82) is 0 Å². The Bertz CT molecular complexity index is 1560. The Hall–Kier alpha value is -3.03. The third-order valence-electron chi connectivity index (χ3n) is 6.25. The van der Waals surface area contributed by atoms with E-state index in [2.05, 4.69) is 0 Å². The zero-order valence-electron chi connectivity index (χ0n) is 20.7. The molecule has 0 bridgehead atoms. The molecular formula is C24H28ClN3O8S. The number of carbonyl (C=O) groups is 1. The number of hydrogen-bond acceptors (Lipinski definition) is 9. The van der Waals surface area contributed by atoms with Crippen LogP contribution in [0.15, 0.2) is 29.1 Å². The number of hydrogen-bond donors (Lipinski definition) is 3. The van der Waals surface area contributed by atoms with E-state index in [0.717, 1.165) is 16.5 Å². The molecule has 0 saturated heterocycles. The molecule has 0 spiro atoms. The summed E-state index contributed by atoms with van der Waals surface area (Å²) in [5.74, 6) is -0.532. The van der Waals surface area contributed by atoms with E-state index in [4.69, 9.17) is 14.3 Å². The molecule has 0 amide bonds. The Kier molecular flexibility index (Phi) is 7.73. The predicted octanol–water partition coefficient (Wildman–Crippen LogP) is 1.77. The summed E-state index contributed by atoms with van der Waals surface area (Å²) >= 11 is 0. The number of carbonyl (C=O) groups excluding carboxylic acids is 1. The summed E-state index contributed by atoms with van der Waals surface area (Å²) in [4.78, 5) is 32.3. The average Bonchev–Trinajstić information content (AvgIpc) is 3.14. The molecule has 2 aliphatic heterocycles. The lowest BCUT2D eigenvalue weighted by molar-refractivity contribution is -0.172.